The topological polar surface area (TPSA) is 22.1 Å². The summed E-state index contributed by atoms with van der Waals surface area (Å²) in [4.78, 5) is 4.10. The van der Waals surface area contributed by atoms with Crippen LogP contribution in [0.4, 0.5) is 0 Å². The quantitative estimate of drug-likeness (QED) is 0.766. The fraction of sp³-hybridized carbons (Fsp3) is 0.545. The second-order valence-corrected chi connectivity index (χ2v) is 4.08. The van der Waals surface area contributed by atoms with Gasteiger partial charge in [-0.3, -0.25) is 0 Å². The molecule has 0 saturated heterocycles. The number of aryl methyl sites for hydroxylation is 1. The lowest BCUT2D eigenvalue weighted by Gasteiger charge is -2.09. The first-order chi connectivity index (χ1) is 6.63. The Morgan fingerprint density at radius 1 is 1.50 bits per heavy atom. The van der Waals surface area contributed by atoms with Crippen LogP contribution in [-0.4, -0.2) is 11.6 Å². The Morgan fingerprint density at radius 2 is 2.21 bits per heavy atom. The molecule has 0 atom stereocenters. The molecule has 14 heavy (non-hydrogen) atoms. The highest BCUT2D eigenvalue weighted by Crippen LogP contribution is 2.19. The van der Waals surface area contributed by atoms with Crippen LogP contribution < -0.4 is 4.74 Å². The van der Waals surface area contributed by atoms with Crippen LogP contribution in [0.25, 0.3) is 0 Å². The van der Waals surface area contributed by atoms with Gasteiger partial charge in [-0.15, -0.1) is 0 Å². The number of hydrogen-bond donors (Lipinski definition) is 0. The number of nitrogens with zero attached hydrogens (tertiary/aromatic N) is 1. The van der Waals surface area contributed by atoms with Gasteiger partial charge in [-0.1, -0.05) is 32.4 Å². The van der Waals surface area contributed by atoms with E-state index in [0.717, 1.165) is 12.0 Å². The maximum atomic E-state index is 5.94. The molecule has 0 aliphatic carbocycles. The lowest BCUT2D eigenvalue weighted by molar-refractivity contribution is 0.261. The molecule has 0 aliphatic rings. The van der Waals surface area contributed by atoms with Crippen molar-refractivity contribution in [1.82, 2.24) is 4.98 Å². The Bertz CT molecular complexity index is 299. The van der Waals surface area contributed by atoms with Gasteiger partial charge in [-0.05, 0) is 17.9 Å². The van der Waals surface area contributed by atoms with E-state index in [-0.39, 0.29) is 0 Å². The summed E-state index contributed by atoms with van der Waals surface area (Å²) in [7, 11) is 0. The molecule has 0 spiro atoms. The van der Waals surface area contributed by atoms with Crippen molar-refractivity contribution < 1.29 is 4.74 Å². The molecular formula is C11H16ClNO. The smallest absolute Gasteiger partial charge is 0.213 e. The Kier molecular flexibility index (Phi) is 4.21. The van der Waals surface area contributed by atoms with Crippen LogP contribution in [0.5, 0.6) is 5.88 Å². The minimum Gasteiger partial charge on any atom is -0.477 e. The fourth-order valence-electron chi connectivity index (χ4n) is 1.06. The lowest BCUT2D eigenvalue weighted by Crippen LogP contribution is -2.05. The summed E-state index contributed by atoms with van der Waals surface area (Å²) < 4.78 is 5.50. The molecule has 78 valence electrons. The van der Waals surface area contributed by atoms with Crippen molar-refractivity contribution in [3.05, 3.63) is 22.8 Å². The van der Waals surface area contributed by atoms with Gasteiger partial charge in [0, 0.05) is 12.3 Å². The number of hydrogen-bond acceptors (Lipinski definition) is 2. The van der Waals surface area contributed by atoms with Crippen molar-refractivity contribution in [3.8, 4) is 5.88 Å². The van der Waals surface area contributed by atoms with Crippen LogP contribution in [0.15, 0.2) is 12.3 Å². The third-order valence-corrected chi connectivity index (χ3v) is 2.20. The molecule has 0 fully saturated rings. The van der Waals surface area contributed by atoms with Crippen LogP contribution in [0.3, 0.4) is 0 Å². The van der Waals surface area contributed by atoms with Gasteiger partial charge in [-0.2, -0.15) is 0 Å². The Hall–Kier alpha value is -0.760. The van der Waals surface area contributed by atoms with Crippen LogP contribution in [0.1, 0.15) is 26.3 Å². The van der Waals surface area contributed by atoms with E-state index in [1.54, 1.807) is 6.20 Å². The highest BCUT2D eigenvalue weighted by Gasteiger charge is 2.03. The van der Waals surface area contributed by atoms with Gasteiger partial charge in [0.05, 0.1) is 11.6 Å². The van der Waals surface area contributed by atoms with Crippen LogP contribution in [-0.2, 0) is 6.42 Å². The Balaban J connectivity index is 2.69. The average Bonchev–Trinajstić information content (AvgIpc) is 2.16. The van der Waals surface area contributed by atoms with Gasteiger partial charge in [0.2, 0.25) is 5.88 Å². The molecule has 0 aliphatic heterocycles. The molecule has 3 heteroatoms. The fourth-order valence-corrected chi connectivity index (χ4v) is 1.30. The molecule has 0 aromatic carbocycles. The Morgan fingerprint density at radius 3 is 2.79 bits per heavy atom. The molecule has 0 bridgehead atoms. The largest absolute Gasteiger partial charge is 0.477 e. The van der Waals surface area contributed by atoms with Gasteiger partial charge in [-0.25, -0.2) is 4.98 Å². The predicted octanol–water partition coefficient (Wildman–Crippen LogP) is 3.33. The minimum atomic E-state index is 0.512. The van der Waals surface area contributed by atoms with Crippen LogP contribution in [0, 0.1) is 5.92 Å². The summed E-state index contributed by atoms with van der Waals surface area (Å²) in [6, 6.07) is 1.91. The maximum absolute atomic E-state index is 5.94. The number of pyridine rings is 1. The van der Waals surface area contributed by atoms with Crippen LogP contribution >= 0.6 is 11.6 Å². The summed E-state index contributed by atoms with van der Waals surface area (Å²) in [6.07, 6.45) is 2.55. The van der Waals surface area contributed by atoms with Crippen molar-refractivity contribution in [3.63, 3.8) is 0 Å². The summed E-state index contributed by atoms with van der Waals surface area (Å²) in [5, 5.41) is 0.712. The standard InChI is InChI=1S/C11H16ClNO/c1-4-9-5-11(13-6-10(9)12)14-7-8(2)3/h5-6,8H,4,7H2,1-3H3. The van der Waals surface area contributed by atoms with E-state index >= 15 is 0 Å². The molecule has 0 unspecified atom stereocenters. The number of aromatic nitrogens is 1. The van der Waals surface area contributed by atoms with Gasteiger partial charge in [0.15, 0.2) is 0 Å². The predicted molar refractivity (Wildman–Crippen MR) is 59.0 cm³/mol. The molecule has 1 rings (SSSR count). The molecule has 1 aromatic rings. The number of ether oxygens (including phenoxy) is 1. The summed E-state index contributed by atoms with van der Waals surface area (Å²) in [5.74, 6) is 1.18. The molecule has 0 N–H and O–H groups in total. The van der Waals surface area contributed by atoms with Crippen molar-refractivity contribution in [2.24, 2.45) is 5.92 Å². The van der Waals surface area contributed by atoms with E-state index in [0.29, 0.717) is 23.4 Å². The third-order valence-electron chi connectivity index (χ3n) is 1.86. The normalized spacial score (nSPS) is 10.6. The van der Waals surface area contributed by atoms with E-state index in [9.17, 15) is 0 Å². The first kappa shape index (κ1) is 11.3. The van der Waals surface area contributed by atoms with Crippen molar-refractivity contribution in [1.29, 1.82) is 0 Å². The molecule has 1 heterocycles. The van der Waals surface area contributed by atoms with Crippen molar-refractivity contribution >= 4 is 11.6 Å². The zero-order valence-corrected chi connectivity index (χ0v) is 9.64. The van der Waals surface area contributed by atoms with Crippen molar-refractivity contribution in [2.45, 2.75) is 27.2 Å². The molecule has 0 saturated carbocycles. The van der Waals surface area contributed by atoms with Gasteiger partial charge in [0.1, 0.15) is 0 Å². The monoisotopic (exact) mass is 213 g/mol. The summed E-state index contributed by atoms with van der Waals surface area (Å²) in [5.41, 5.74) is 1.08. The molecular weight excluding hydrogens is 198 g/mol. The summed E-state index contributed by atoms with van der Waals surface area (Å²) in [6.45, 7) is 6.97. The average molecular weight is 214 g/mol. The third kappa shape index (κ3) is 3.18. The summed E-state index contributed by atoms with van der Waals surface area (Å²) >= 11 is 5.94. The second kappa shape index (κ2) is 5.20. The molecule has 1 aromatic heterocycles. The maximum Gasteiger partial charge on any atom is 0.213 e. The van der Waals surface area contributed by atoms with E-state index in [1.165, 1.54) is 0 Å². The Labute approximate surface area is 90.3 Å². The molecule has 2 nitrogen and oxygen atoms in total. The van der Waals surface area contributed by atoms with E-state index in [1.807, 2.05) is 6.07 Å². The van der Waals surface area contributed by atoms with E-state index < -0.39 is 0 Å². The second-order valence-electron chi connectivity index (χ2n) is 3.67. The van der Waals surface area contributed by atoms with E-state index in [2.05, 4.69) is 25.8 Å². The first-order valence-electron chi connectivity index (χ1n) is 4.90. The van der Waals surface area contributed by atoms with Crippen molar-refractivity contribution in [2.75, 3.05) is 6.61 Å². The van der Waals surface area contributed by atoms with Gasteiger partial charge < -0.3 is 4.74 Å². The number of halogens is 1. The number of rotatable bonds is 4. The lowest BCUT2D eigenvalue weighted by atomic mass is 10.2. The van der Waals surface area contributed by atoms with E-state index in [4.69, 9.17) is 16.3 Å². The highest BCUT2D eigenvalue weighted by atomic mass is 35.5. The SMILES string of the molecule is CCc1cc(OCC(C)C)ncc1Cl. The molecule has 0 radical (unpaired) electrons. The van der Waals surface area contributed by atoms with Crippen LogP contribution in [0.2, 0.25) is 5.02 Å². The minimum absolute atomic E-state index is 0.512. The van der Waals surface area contributed by atoms with Gasteiger partial charge in [0.25, 0.3) is 0 Å². The zero-order chi connectivity index (χ0) is 10.6. The zero-order valence-electron chi connectivity index (χ0n) is 8.88. The molecule has 0 amide bonds. The van der Waals surface area contributed by atoms with Gasteiger partial charge >= 0.3 is 0 Å². The highest BCUT2D eigenvalue weighted by molar-refractivity contribution is 6.31. The first-order valence-corrected chi connectivity index (χ1v) is 5.28.